The van der Waals surface area contributed by atoms with Gasteiger partial charge in [-0.2, -0.15) is 0 Å². The average molecular weight is 320 g/mol. The maximum atomic E-state index is 9.63. The summed E-state index contributed by atoms with van der Waals surface area (Å²) in [5.74, 6) is 0. The molecule has 0 unspecified atom stereocenters. The van der Waals surface area contributed by atoms with Crippen molar-refractivity contribution in [3.8, 4) is 0 Å². The topological polar surface area (TPSA) is 49.2 Å². The van der Waals surface area contributed by atoms with E-state index in [0.29, 0.717) is 16.9 Å². The number of benzene rings is 2. The van der Waals surface area contributed by atoms with Crippen LogP contribution in [-0.4, -0.2) is 16.8 Å². The Balaban J connectivity index is 0.000000243. The lowest BCUT2D eigenvalue weighted by molar-refractivity contribution is -0.00226. The van der Waals surface area contributed by atoms with Gasteiger partial charge in [0.15, 0.2) is 11.4 Å². The van der Waals surface area contributed by atoms with Gasteiger partial charge < -0.3 is 10.2 Å². The molecule has 0 bridgehead atoms. The van der Waals surface area contributed by atoms with Gasteiger partial charge in [-0.15, -0.1) is 0 Å². The van der Waals surface area contributed by atoms with Crippen molar-refractivity contribution in [1.82, 2.24) is 0 Å². The van der Waals surface area contributed by atoms with Crippen molar-refractivity contribution < 1.29 is 10.2 Å². The normalized spacial score (nSPS) is 11.9. The zero-order chi connectivity index (χ0) is 18.2. The van der Waals surface area contributed by atoms with Crippen molar-refractivity contribution in [1.29, 1.82) is 0 Å². The first-order valence-corrected chi connectivity index (χ1v) is 7.28. The largest absolute Gasteiger partial charge is 0.393 e. The predicted octanol–water partition coefficient (Wildman–Crippen LogP) is 4.71. The highest BCUT2D eigenvalue weighted by Gasteiger charge is 2.21. The van der Waals surface area contributed by atoms with Crippen molar-refractivity contribution in [3.05, 3.63) is 89.1 Å². The molecule has 24 heavy (non-hydrogen) atoms. The fourth-order valence-corrected chi connectivity index (χ4v) is 1.81. The van der Waals surface area contributed by atoms with Gasteiger partial charge in [-0.05, 0) is 25.0 Å². The maximum Gasteiger partial charge on any atom is 0.187 e. The summed E-state index contributed by atoms with van der Waals surface area (Å²) in [6.45, 7) is 20.4. The highest BCUT2D eigenvalue weighted by atomic mass is 16.3. The van der Waals surface area contributed by atoms with Crippen molar-refractivity contribution in [2.45, 2.75) is 19.4 Å². The molecule has 2 aromatic carbocycles. The molecular weight excluding hydrogens is 300 g/mol. The lowest BCUT2D eigenvalue weighted by atomic mass is 9.97. The van der Waals surface area contributed by atoms with Crippen LogP contribution in [0.5, 0.6) is 0 Å². The van der Waals surface area contributed by atoms with Crippen LogP contribution >= 0.6 is 0 Å². The Bertz CT molecular complexity index is 761. The van der Waals surface area contributed by atoms with E-state index in [-0.39, 0.29) is 6.61 Å². The summed E-state index contributed by atoms with van der Waals surface area (Å²) in [7, 11) is 0. The van der Waals surface area contributed by atoms with E-state index < -0.39 is 5.60 Å². The number of aliphatic hydroxyl groups is 2. The SMILES string of the molecule is [C-]#[N+]c1ccc(C(=C)C)cc1.[C-]#[N+]c1ccc([C@](C)(O)CO)cc1. The molecule has 1 atom stereocenters. The Morgan fingerprint density at radius 1 is 1.00 bits per heavy atom. The summed E-state index contributed by atoms with van der Waals surface area (Å²) >= 11 is 0. The molecule has 122 valence electrons. The number of rotatable bonds is 3. The van der Waals surface area contributed by atoms with Crippen molar-refractivity contribution >= 4 is 16.9 Å². The third-order valence-electron chi connectivity index (χ3n) is 3.42. The molecule has 0 aliphatic rings. The minimum Gasteiger partial charge on any atom is -0.393 e. The minimum absolute atomic E-state index is 0.329. The lowest BCUT2D eigenvalue weighted by Gasteiger charge is -2.20. The number of nitrogens with zero attached hydrogens (tertiary/aromatic N) is 2. The van der Waals surface area contributed by atoms with Gasteiger partial charge in [0.1, 0.15) is 5.60 Å². The quantitative estimate of drug-likeness (QED) is 0.805. The fourth-order valence-electron chi connectivity index (χ4n) is 1.81. The highest BCUT2D eigenvalue weighted by Crippen LogP contribution is 2.22. The van der Waals surface area contributed by atoms with Crippen LogP contribution in [0.3, 0.4) is 0 Å². The Hall–Kier alpha value is -2.92. The maximum absolute atomic E-state index is 9.63. The molecule has 0 aromatic heterocycles. The molecule has 0 saturated heterocycles. The van der Waals surface area contributed by atoms with Gasteiger partial charge in [-0.1, -0.05) is 60.7 Å². The number of allylic oxidation sites excluding steroid dienone is 1. The van der Waals surface area contributed by atoms with E-state index in [4.69, 9.17) is 18.3 Å². The fraction of sp³-hybridized carbons (Fsp3) is 0.200. The van der Waals surface area contributed by atoms with Crippen LogP contribution in [0, 0.1) is 13.1 Å². The molecule has 0 radical (unpaired) electrons. The van der Waals surface area contributed by atoms with E-state index in [1.807, 2.05) is 19.1 Å². The smallest absolute Gasteiger partial charge is 0.187 e. The van der Waals surface area contributed by atoms with E-state index in [1.54, 1.807) is 36.4 Å². The molecule has 2 aromatic rings. The van der Waals surface area contributed by atoms with Crippen molar-refractivity contribution in [2.24, 2.45) is 0 Å². The molecule has 4 nitrogen and oxygen atoms in total. The number of hydrogen-bond donors (Lipinski definition) is 2. The van der Waals surface area contributed by atoms with Crippen LogP contribution in [0.25, 0.3) is 15.3 Å². The third kappa shape index (κ3) is 5.37. The third-order valence-corrected chi connectivity index (χ3v) is 3.42. The van der Waals surface area contributed by atoms with E-state index in [2.05, 4.69) is 16.3 Å². The number of hydrogen-bond acceptors (Lipinski definition) is 2. The zero-order valence-corrected chi connectivity index (χ0v) is 13.8. The Kier molecular flexibility index (Phi) is 6.89. The van der Waals surface area contributed by atoms with E-state index in [0.717, 1.165) is 11.1 Å². The summed E-state index contributed by atoms with van der Waals surface area (Å²) in [5, 5.41) is 18.5. The molecule has 0 aliphatic carbocycles. The Labute approximate surface area is 143 Å². The van der Waals surface area contributed by atoms with Crippen LogP contribution in [0.1, 0.15) is 25.0 Å². The van der Waals surface area contributed by atoms with Gasteiger partial charge in [-0.25, -0.2) is 9.69 Å². The monoisotopic (exact) mass is 320 g/mol. The second-order valence-electron chi connectivity index (χ2n) is 5.53. The molecule has 0 spiro atoms. The molecule has 0 saturated carbocycles. The van der Waals surface area contributed by atoms with Gasteiger partial charge >= 0.3 is 0 Å². The summed E-state index contributed by atoms with van der Waals surface area (Å²) in [6.07, 6.45) is 0. The van der Waals surface area contributed by atoms with E-state index >= 15 is 0 Å². The zero-order valence-electron chi connectivity index (χ0n) is 13.8. The molecular formula is C20H20N2O2. The van der Waals surface area contributed by atoms with Gasteiger partial charge in [0, 0.05) is 0 Å². The van der Waals surface area contributed by atoms with Gasteiger partial charge in [0.05, 0.1) is 19.8 Å². The second kappa shape index (κ2) is 8.64. The lowest BCUT2D eigenvalue weighted by Crippen LogP contribution is -2.25. The Morgan fingerprint density at radius 2 is 1.42 bits per heavy atom. The van der Waals surface area contributed by atoms with E-state index in [9.17, 15) is 5.11 Å². The van der Waals surface area contributed by atoms with Gasteiger partial charge in [0.2, 0.25) is 0 Å². The van der Waals surface area contributed by atoms with E-state index in [1.165, 1.54) is 6.92 Å². The first-order chi connectivity index (χ1) is 11.3. The van der Waals surface area contributed by atoms with Crippen molar-refractivity contribution in [2.75, 3.05) is 6.61 Å². The molecule has 0 heterocycles. The molecule has 0 amide bonds. The minimum atomic E-state index is -1.22. The first-order valence-electron chi connectivity index (χ1n) is 7.28. The van der Waals surface area contributed by atoms with Crippen molar-refractivity contribution in [3.63, 3.8) is 0 Å². The molecule has 0 aliphatic heterocycles. The van der Waals surface area contributed by atoms with Gasteiger partial charge in [-0.3, -0.25) is 0 Å². The molecule has 2 rings (SSSR count). The predicted molar refractivity (Wildman–Crippen MR) is 96.8 cm³/mol. The molecule has 0 fully saturated rings. The van der Waals surface area contributed by atoms with Crippen LogP contribution in [0.2, 0.25) is 0 Å². The molecule has 2 N–H and O–H groups in total. The Morgan fingerprint density at radius 3 is 1.75 bits per heavy atom. The van der Waals surface area contributed by atoms with Crippen LogP contribution in [0.4, 0.5) is 11.4 Å². The van der Waals surface area contributed by atoms with Crippen LogP contribution < -0.4 is 0 Å². The van der Waals surface area contributed by atoms with Crippen LogP contribution in [-0.2, 0) is 5.60 Å². The summed E-state index contributed by atoms with van der Waals surface area (Å²) in [6, 6.07) is 13.9. The summed E-state index contributed by atoms with van der Waals surface area (Å²) < 4.78 is 0. The standard InChI is InChI=1S/C10H11NO2.C10H9N/c1-10(13,7-12)8-3-5-9(11-2)6-4-8;1-8(2)9-4-6-10(11-3)7-5-9/h3-6,12-13H,7H2,1H3;4-7H,1H2,2H3/t10-;/m1./s1. The highest BCUT2D eigenvalue weighted by molar-refractivity contribution is 5.63. The summed E-state index contributed by atoms with van der Waals surface area (Å²) in [5.41, 5.74) is 2.72. The number of aliphatic hydroxyl groups excluding tert-OH is 1. The molecule has 4 heteroatoms. The van der Waals surface area contributed by atoms with Gasteiger partial charge in [0.25, 0.3) is 0 Å². The second-order valence-corrected chi connectivity index (χ2v) is 5.53. The first kappa shape index (κ1) is 19.1. The average Bonchev–Trinajstić information content (AvgIpc) is 2.62. The summed E-state index contributed by atoms with van der Waals surface area (Å²) in [4.78, 5) is 6.52. The van der Waals surface area contributed by atoms with Crippen LogP contribution in [0.15, 0.2) is 55.1 Å².